The van der Waals surface area contributed by atoms with E-state index in [0.717, 1.165) is 24.2 Å². The molecule has 146 valence electrons. The first-order chi connectivity index (χ1) is 13.4. The van der Waals surface area contributed by atoms with E-state index in [4.69, 9.17) is 4.74 Å². The van der Waals surface area contributed by atoms with Gasteiger partial charge in [-0.1, -0.05) is 0 Å². The van der Waals surface area contributed by atoms with Crippen molar-refractivity contribution in [1.29, 1.82) is 0 Å². The van der Waals surface area contributed by atoms with Crippen molar-refractivity contribution in [2.45, 2.75) is 19.3 Å². The molecule has 28 heavy (non-hydrogen) atoms. The van der Waals surface area contributed by atoms with E-state index in [-0.39, 0.29) is 24.4 Å². The quantitative estimate of drug-likeness (QED) is 0.610. The topological polar surface area (TPSA) is 75.7 Å². The molecule has 1 saturated heterocycles. The highest BCUT2D eigenvalue weighted by molar-refractivity contribution is 5.95. The van der Waals surface area contributed by atoms with Gasteiger partial charge in [0.05, 0.1) is 12.0 Å². The van der Waals surface area contributed by atoms with Crippen molar-refractivity contribution in [2.24, 2.45) is 0 Å². The second-order valence-corrected chi connectivity index (χ2v) is 6.25. The van der Waals surface area contributed by atoms with E-state index in [0.29, 0.717) is 24.8 Å². The van der Waals surface area contributed by atoms with E-state index < -0.39 is 23.5 Å². The van der Waals surface area contributed by atoms with Crippen LogP contribution in [0.4, 0.5) is 14.5 Å². The first kappa shape index (κ1) is 19.5. The molecule has 0 spiro atoms. The summed E-state index contributed by atoms with van der Waals surface area (Å²) in [6.45, 7) is 0.612. The number of ether oxygens (including phenoxy) is 1. The largest absolute Gasteiger partial charge is 0.426 e. The van der Waals surface area contributed by atoms with Gasteiger partial charge >= 0.3 is 5.97 Å². The molecule has 1 aliphatic rings. The summed E-state index contributed by atoms with van der Waals surface area (Å²) in [7, 11) is 0. The second kappa shape index (κ2) is 8.60. The highest BCUT2D eigenvalue weighted by atomic mass is 19.1. The van der Waals surface area contributed by atoms with Gasteiger partial charge in [0.15, 0.2) is 0 Å². The van der Waals surface area contributed by atoms with Crippen molar-refractivity contribution in [2.75, 3.05) is 18.0 Å². The fourth-order valence-corrected chi connectivity index (χ4v) is 2.84. The molecule has 0 unspecified atom stereocenters. The molecule has 1 aliphatic heterocycles. The van der Waals surface area contributed by atoms with Crippen molar-refractivity contribution in [3.05, 3.63) is 59.7 Å². The number of nitrogens with zero attached hydrogens (tertiary/aromatic N) is 1. The van der Waals surface area contributed by atoms with E-state index in [1.807, 2.05) is 0 Å². The molecule has 8 heteroatoms. The summed E-state index contributed by atoms with van der Waals surface area (Å²) in [5.74, 6) is -2.70. The summed E-state index contributed by atoms with van der Waals surface area (Å²) in [4.78, 5) is 37.1. The van der Waals surface area contributed by atoms with Crippen LogP contribution in [0.15, 0.2) is 42.5 Å². The third-order valence-electron chi connectivity index (χ3n) is 4.24. The smallest absolute Gasteiger partial charge is 0.312 e. The number of anilines is 1. The molecule has 3 rings (SSSR count). The molecule has 1 heterocycles. The predicted octanol–water partition coefficient (Wildman–Crippen LogP) is 2.82. The Balaban J connectivity index is 1.46. The predicted molar refractivity (Wildman–Crippen MR) is 97.0 cm³/mol. The van der Waals surface area contributed by atoms with E-state index in [2.05, 4.69) is 5.32 Å². The lowest BCUT2D eigenvalue weighted by Gasteiger charge is -2.15. The number of hydrogen-bond donors (Lipinski definition) is 1. The first-order valence-corrected chi connectivity index (χ1v) is 8.78. The summed E-state index contributed by atoms with van der Waals surface area (Å²) >= 11 is 0. The second-order valence-electron chi connectivity index (χ2n) is 6.25. The number of esters is 1. The van der Waals surface area contributed by atoms with Crippen LogP contribution in [0, 0.1) is 11.6 Å². The van der Waals surface area contributed by atoms with Crippen LogP contribution in [-0.2, 0) is 9.59 Å². The van der Waals surface area contributed by atoms with Crippen LogP contribution in [0.1, 0.15) is 29.6 Å². The van der Waals surface area contributed by atoms with E-state index in [1.165, 1.54) is 0 Å². The summed E-state index contributed by atoms with van der Waals surface area (Å²) in [6, 6.07) is 9.20. The third-order valence-corrected chi connectivity index (χ3v) is 4.24. The Morgan fingerprint density at radius 1 is 1.11 bits per heavy atom. The van der Waals surface area contributed by atoms with Gasteiger partial charge in [-0.2, -0.15) is 0 Å². The standard InChI is InChI=1S/C20H18F2N2O4/c21-13-3-8-16(17(22)12-13)20(27)23-10-9-19(26)28-15-6-4-14(5-7-15)24-11-1-2-18(24)25/h3-8,12H,1-2,9-11H2,(H,23,27). The van der Waals surface area contributed by atoms with Gasteiger partial charge in [0, 0.05) is 31.3 Å². The maximum Gasteiger partial charge on any atom is 0.312 e. The van der Waals surface area contributed by atoms with Crippen molar-refractivity contribution < 1.29 is 27.9 Å². The molecule has 0 radical (unpaired) electrons. The number of nitrogens with one attached hydrogen (secondary N) is 1. The van der Waals surface area contributed by atoms with Crippen LogP contribution in [0.5, 0.6) is 5.75 Å². The van der Waals surface area contributed by atoms with Gasteiger partial charge in [0.2, 0.25) is 5.91 Å². The highest BCUT2D eigenvalue weighted by Crippen LogP contribution is 2.24. The zero-order valence-corrected chi connectivity index (χ0v) is 14.9. The maximum atomic E-state index is 13.5. The van der Waals surface area contributed by atoms with Crippen LogP contribution in [0.2, 0.25) is 0 Å². The van der Waals surface area contributed by atoms with Crippen LogP contribution in [0.3, 0.4) is 0 Å². The summed E-state index contributed by atoms with van der Waals surface area (Å²) in [6.07, 6.45) is 1.23. The number of carbonyl (C=O) groups excluding carboxylic acids is 3. The molecule has 0 saturated carbocycles. The van der Waals surface area contributed by atoms with Gasteiger partial charge < -0.3 is 15.0 Å². The molecule has 0 aliphatic carbocycles. The van der Waals surface area contributed by atoms with Gasteiger partial charge in [-0.05, 0) is 42.8 Å². The highest BCUT2D eigenvalue weighted by Gasteiger charge is 2.21. The van der Waals surface area contributed by atoms with Gasteiger partial charge in [-0.3, -0.25) is 14.4 Å². The van der Waals surface area contributed by atoms with Gasteiger partial charge in [0.1, 0.15) is 17.4 Å². The molecule has 1 fully saturated rings. The number of amides is 2. The monoisotopic (exact) mass is 388 g/mol. The minimum Gasteiger partial charge on any atom is -0.426 e. The average molecular weight is 388 g/mol. The van der Waals surface area contributed by atoms with Crippen molar-refractivity contribution in [1.82, 2.24) is 5.32 Å². The molecular weight excluding hydrogens is 370 g/mol. The fraction of sp³-hybridized carbons (Fsp3) is 0.250. The Kier molecular flexibility index (Phi) is 5.98. The molecule has 2 amide bonds. The van der Waals surface area contributed by atoms with E-state index in [1.54, 1.807) is 29.2 Å². The zero-order valence-electron chi connectivity index (χ0n) is 14.9. The van der Waals surface area contributed by atoms with Crippen LogP contribution >= 0.6 is 0 Å². The van der Waals surface area contributed by atoms with Crippen LogP contribution in [0.25, 0.3) is 0 Å². The Morgan fingerprint density at radius 2 is 1.86 bits per heavy atom. The van der Waals surface area contributed by atoms with E-state index in [9.17, 15) is 23.2 Å². The van der Waals surface area contributed by atoms with Crippen LogP contribution < -0.4 is 15.0 Å². The first-order valence-electron chi connectivity index (χ1n) is 8.78. The number of hydrogen-bond acceptors (Lipinski definition) is 4. The SMILES string of the molecule is O=C(CCNC(=O)c1ccc(F)cc1F)Oc1ccc(N2CCCC2=O)cc1. The third kappa shape index (κ3) is 4.70. The van der Waals surface area contributed by atoms with Gasteiger partial charge in [-0.15, -0.1) is 0 Å². The average Bonchev–Trinajstić information content (AvgIpc) is 3.08. The van der Waals surface area contributed by atoms with Crippen molar-refractivity contribution in [3.8, 4) is 5.75 Å². The number of halogens is 2. The minimum absolute atomic E-state index is 0.0607. The van der Waals surface area contributed by atoms with Gasteiger partial charge in [-0.25, -0.2) is 8.78 Å². The molecule has 0 aromatic heterocycles. The van der Waals surface area contributed by atoms with Crippen LogP contribution in [-0.4, -0.2) is 30.9 Å². The number of benzene rings is 2. The fourth-order valence-electron chi connectivity index (χ4n) is 2.84. The minimum atomic E-state index is -0.975. The Hall–Kier alpha value is -3.29. The molecule has 2 aromatic carbocycles. The lowest BCUT2D eigenvalue weighted by atomic mass is 10.2. The Morgan fingerprint density at radius 3 is 2.50 bits per heavy atom. The summed E-state index contributed by atoms with van der Waals surface area (Å²) < 4.78 is 31.6. The lowest BCUT2D eigenvalue weighted by Crippen LogP contribution is -2.28. The van der Waals surface area contributed by atoms with Gasteiger partial charge in [0.25, 0.3) is 5.91 Å². The molecule has 0 atom stereocenters. The molecule has 0 bridgehead atoms. The summed E-state index contributed by atoms with van der Waals surface area (Å²) in [5, 5.41) is 2.38. The molecular formula is C20H18F2N2O4. The number of rotatable bonds is 6. The number of carbonyl (C=O) groups is 3. The molecule has 6 nitrogen and oxygen atoms in total. The zero-order chi connectivity index (χ0) is 20.1. The Bertz CT molecular complexity index is 900. The summed E-state index contributed by atoms with van der Waals surface area (Å²) in [5.41, 5.74) is 0.442. The van der Waals surface area contributed by atoms with Crippen molar-refractivity contribution in [3.63, 3.8) is 0 Å². The molecule has 2 aromatic rings. The molecule has 1 N–H and O–H groups in total. The van der Waals surface area contributed by atoms with Crippen molar-refractivity contribution >= 4 is 23.5 Å². The lowest BCUT2D eigenvalue weighted by molar-refractivity contribution is -0.134. The van der Waals surface area contributed by atoms with E-state index >= 15 is 0 Å². The Labute approximate surface area is 160 Å². The normalized spacial score (nSPS) is 13.5. The maximum absolute atomic E-state index is 13.5.